The van der Waals surface area contributed by atoms with Gasteiger partial charge in [0, 0.05) is 36.8 Å². The monoisotopic (exact) mass is 653 g/mol. The molecule has 0 unspecified atom stereocenters. The largest absolute Gasteiger partial charge is 0.339 e. The van der Waals surface area contributed by atoms with Crippen LogP contribution in [0, 0.1) is 16.6 Å². The molecule has 228 valence electrons. The Balaban J connectivity index is 1.32. The fourth-order valence-electron chi connectivity index (χ4n) is 5.41. The van der Waals surface area contributed by atoms with Crippen molar-refractivity contribution in [2.45, 2.75) is 37.2 Å². The maximum absolute atomic E-state index is 13.9. The Morgan fingerprint density at radius 3 is 2.05 bits per heavy atom. The van der Waals surface area contributed by atoms with E-state index in [1.807, 2.05) is 23.1 Å². The number of benzene rings is 4. The third-order valence-corrected chi connectivity index (χ3v) is 10.1. The number of carbonyl (C=O) groups excluding carboxylic acids is 1. The van der Waals surface area contributed by atoms with Crippen LogP contribution in [0.5, 0.6) is 0 Å². The van der Waals surface area contributed by atoms with Crippen LogP contribution in [0.25, 0.3) is 0 Å². The van der Waals surface area contributed by atoms with Crippen molar-refractivity contribution in [2.75, 3.05) is 13.1 Å². The first-order chi connectivity index (χ1) is 21.1. The highest BCUT2D eigenvalue weighted by molar-refractivity contribution is 7.89. The highest BCUT2D eigenvalue weighted by Gasteiger charge is 2.30. The molecule has 0 aromatic heterocycles. The lowest BCUT2D eigenvalue weighted by Crippen LogP contribution is -2.38. The molecule has 0 radical (unpaired) electrons. The van der Waals surface area contributed by atoms with Gasteiger partial charge >= 0.3 is 0 Å². The molecule has 1 saturated heterocycles. The molecule has 1 fully saturated rings. The quantitative estimate of drug-likeness (QED) is 0.162. The van der Waals surface area contributed by atoms with Crippen LogP contribution in [-0.4, -0.2) is 36.6 Å². The summed E-state index contributed by atoms with van der Waals surface area (Å²) in [7, 11) is -4.37. The van der Waals surface area contributed by atoms with E-state index in [-0.39, 0.29) is 29.0 Å². The van der Waals surface area contributed by atoms with Crippen LogP contribution >= 0.6 is 23.2 Å². The van der Waals surface area contributed by atoms with Gasteiger partial charge in [-0.15, -0.1) is 4.91 Å². The lowest BCUT2D eigenvalue weighted by Gasteiger charge is -2.32. The smallest absolute Gasteiger partial charge is 0.253 e. The third kappa shape index (κ3) is 7.53. The van der Waals surface area contributed by atoms with E-state index in [1.165, 1.54) is 35.9 Å². The summed E-state index contributed by atoms with van der Waals surface area (Å²) in [4.78, 5) is 26.3. The minimum absolute atomic E-state index is 0.0228. The molecule has 44 heavy (non-hydrogen) atoms. The number of hydrogen-bond acceptors (Lipinski definition) is 5. The molecule has 11 heteroatoms. The van der Waals surface area contributed by atoms with Crippen molar-refractivity contribution < 1.29 is 17.6 Å². The summed E-state index contributed by atoms with van der Waals surface area (Å²) in [6.45, 7) is 1.11. The zero-order valence-corrected chi connectivity index (χ0v) is 26.0. The molecule has 4 aromatic rings. The topological polar surface area (TPSA) is 87.1 Å². The number of sulfonamides is 1. The van der Waals surface area contributed by atoms with Crippen LogP contribution in [0.2, 0.25) is 10.0 Å². The average molecular weight is 655 g/mol. The molecule has 0 spiro atoms. The van der Waals surface area contributed by atoms with Gasteiger partial charge in [-0.3, -0.25) is 4.79 Å². The van der Waals surface area contributed by atoms with Crippen LogP contribution in [0.3, 0.4) is 0 Å². The molecule has 0 N–H and O–H groups in total. The minimum atomic E-state index is -4.37. The highest BCUT2D eigenvalue weighted by atomic mass is 35.5. The van der Waals surface area contributed by atoms with Crippen molar-refractivity contribution in [3.05, 3.63) is 134 Å². The molecule has 1 amide bonds. The molecule has 0 atom stereocenters. The lowest BCUT2D eigenvalue weighted by molar-refractivity contribution is 0.0690. The molecular formula is C33H30Cl2FN3O4S. The standard InChI is InChI=1S/C33H30Cl2FN3O4S/c34-28-19-30(35)32(37-41)31(20-28)44(42,43)39(22-26-8-12-29(36)13-9-26)21-25-6-10-27(11-7-25)33(40)38-16-14-24(15-17-38)18-23-4-2-1-3-5-23/h1-13,19-20,24H,14-18,21-22H2. The van der Waals surface area contributed by atoms with E-state index in [0.717, 1.165) is 29.6 Å². The molecule has 1 aliphatic rings. The van der Waals surface area contributed by atoms with E-state index < -0.39 is 26.4 Å². The first kappa shape index (κ1) is 31.8. The Hall–Kier alpha value is -3.63. The molecule has 1 aliphatic heterocycles. The van der Waals surface area contributed by atoms with Crippen molar-refractivity contribution in [1.82, 2.24) is 9.21 Å². The second kappa shape index (κ2) is 14.0. The SMILES string of the molecule is O=Nc1c(Cl)cc(Cl)cc1S(=O)(=O)N(Cc1ccc(F)cc1)Cc1ccc(C(=O)N2CCC(Cc3ccccc3)CC2)cc1. The molecule has 0 bridgehead atoms. The van der Waals surface area contributed by atoms with Crippen LogP contribution in [0.1, 0.15) is 39.9 Å². The maximum Gasteiger partial charge on any atom is 0.253 e. The van der Waals surface area contributed by atoms with Gasteiger partial charge in [0.2, 0.25) is 10.0 Å². The number of likely N-dealkylation sites (tertiary alicyclic amines) is 1. The third-order valence-electron chi connectivity index (χ3n) is 7.80. The minimum Gasteiger partial charge on any atom is -0.339 e. The molecule has 7 nitrogen and oxygen atoms in total. The number of amides is 1. The maximum atomic E-state index is 13.9. The molecule has 5 rings (SSSR count). The molecular weight excluding hydrogens is 624 g/mol. The first-order valence-corrected chi connectivity index (χ1v) is 16.3. The van der Waals surface area contributed by atoms with E-state index in [4.69, 9.17) is 23.2 Å². The van der Waals surface area contributed by atoms with Gasteiger partial charge < -0.3 is 4.90 Å². The molecule has 0 saturated carbocycles. The summed E-state index contributed by atoms with van der Waals surface area (Å²) in [5.41, 5.74) is 2.49. The van der Waals surface area contributed by atoms with Gasteiger partial charge in [0.15, 0.2) is 0 Å². The van der Waals surface area contributed by atoms with Crippen molar-refractivity contribution in [3.8, 4) is 0 Å². The van der Waals surface area contributed by atoms with Gasteiger partial charge in [0.05, 0.1) is 5.02 Å². The summed E-state index contributed by atoms with van der Waals surface area (Å²) < 4.78 is 42.5. The Morgan fingerprint density at radius 2 is 1.45 bits per heavy atom. The van der Waals surface area contributed by atoms with Gasteiger partial charge in [-0.1, -0.05) is 77.8 Å². The first-order valence-electron chi connectivity index (χ1n) is 14.1. The van der Waals surface area contributed by atoms with E-state index in [2.05, 4.69) is 17.3 Å². The lowest BCUT2D eigenvalue weighted by atomic mass is 9.90. The number of nitrogens with zero attached hydrogens (tertiary/aromatic N) is 3. The van der Waals surface area contributed by atoms with Crippen molar-refractivity contribution >= 4 is 44.8 Å². The van der Waals surface area contributed by atoms with Gasteiger partial charge in [-0.2, -0.15) is 4.31 Å². The van der Waals surface area contributed by atoms with E-state index in [9.17, 15) is 22.5 Å². The van der Waals surface area contributed by atoms with Crippen LogP contribution in [0.4, 0.5) is 10.1 Å². The summed E-state index contributed by atoms with van der Waals surface area (Å²) in [5, 5.41) is 2.68. The van der Waals surface area contributed by atoms with Crippen molar-refractivity contribution in [1.29, 1.82) is 0 Å². The van der Waals surface area contributed by atoms with Gasteiger partial charge in [-0.25, -0.2) is 12.8 Å². The van der Waals surface area contributed by atoms with E-state index in [1.54, 1.807) is 24.3 Å². The average Bonchev–Trinajstić information content (AvgIpc) is 3.02. The van der Waals surface area contributed by atoms with E-state index >= 15 is 0 Å². The predicted molar refractivity (Wildman–Crippen MR) is 170 cm³/mol. The zero-order valence-electron chi connectivity index (χ0n) is 23.7. The highest BCUT2D eigenvalue weighted by Crippen LogP contribution is 2.37. The molecule has 4 aromatic carbocycles. The Kier molecular flexibility index (Phi) is 10.1. The Labute approximate surface area is 266 Å². The van der Waals surface area contributed by atoms with Crippen LogP contribution in [-0.2, 0) is 29.5 Å². The predicted octanol–water partition coefficient (Wildman–Crippen LogP) is 8.02. The Morgan fingerprint density at radius 1 is 0.864 bits per heavy atom. The van der Waals surface area contributed by atoms with Crippen molar-refractivity contribution in [3.63, 3.8) is 0 Å². The number of hydrogen-bond donors (Lipinski definition) is 0. The van der Waals surface area contributed by atoms with Crippen LogP contribution in [0.15, 0.2) is 101 Å². The molecule has 0 aliphatic carbocycles. The number of carbonyl (C=O) groups is 1. The number of halogens is 3. The van der Waals surface area contributed by atoms with Gasteiger partial charge in [0.1, 0.15) is 16.4 Å². The second-order valence-electron chi connectivity index (χ2n) is 10.8. The molecule has 1 heterocycles. The van der Waals surface area contributed by atoms with Gasteiger partial charge in [-0.05, 0) is 83.4 Å². The van der Waals surface area contributed by atoms with Crippen LogP contribution < -0.4 is 0 Å². The number of nitroso groups, excluding NO2 is 1. The fourth-order valence-corrected chi connectivity index (χ4v) is 7.64. The van der Waals surface area contributed by atoms with Crippen molar-refractivity contribution in [2.24, 2.45) is 11.1 Å². The zero-order chi connectivity index (χ0) is 31.3. The van der Waals surface area contributed by atoms with Gasteiger partial charge in [0.25, 0.3) is 5.91 Å². The normalized spacial score (nSPS) is 14.1. The summed E-state index contributed by atoms with van der Waals surface area (Å²) in [6, 6.07) is 24.9. The number of rotatable bonds is 10. The second-order valence-corrected chi connectivity index (χ2v) is 13.6. The summed E-state index contributed by atoms with van der Waals surface area (Å²) in [6.07, 6.45) is 2.86. The number of piperidine rings is 1. The fraction of sp³-hybridized carbons (Fsp3) is 0.242. The Bertz CT molecular complexity index is 1730. The van der Waals surface area contributed by atoms with E-state index in [0.29, 0.717) is 35.7 Å². The summed E-state index contributed by atoms with van der Waals surface area (Å²) >= 11 is 12.2. The summed E-state index contributed by atoms with van der Waals surface area (Å²) in [5.74, 6) is 0.000778.